The molecule has 0 bridgehead atoms. The van der Waals surface area contributed by atoms with E-state index in [1.165, 1.54) is 6.07 Å². The van der Waals surface area contributed by atoms with Crippen LogP contribution in [0.1, 0.15) is 31.7 Å². The fourth-order valence-corrected chi connectivity index (χ4v) is 3.05. The molecule has 1 aliphatic carbocycles. The van der Waals surface area contributed by atoms with Gasteiger partial charge in [-0.15, -0.1) is 0 Å². The first-order valence-corrected chi connectivity index (χ1v) is 7.22. The first kappa shape index (κ1) is 15.5. The number of carboxylic acids is 1. The highest BCUT2D eigenvalue weighted by Crippen LogP contribution is 2.39. The van der Waals surface area contributed by atoms with Crippen molar-refractivity contribution in [1.29, 1.82) is 0 Å². The van der Waals surface area contributed by atoms with Crippen LogP contribution in [0.3, 0.4) is 0 Å². The highest BCUT2D eigenvalue weighted by atomic mass is 19.1. The molecule has 1 fully saturated rings. The average molecular weight is 293 g/mol. The summed E-state index contributed by atoms with van der Waals surface area (Å²) in [4.78, 5) is 23.7. The molecule has 0 saturated heterocycles. The molecule has 1 aliphatic rings. The van der Waals surface area contributed by atoms with Crippen molar-refractivity contribution >= 4 is 17.6 Å². The van der Waals surface area contributed by atoms with E-state index in [0.29, 0.717) is 18.4 Å². The molecule has 0 radical (unpaired) electrons. The average Bonchev–Trinajstić information content (AvgIpc) is 2.87. The van der Waals surface area contributed by atoms with Crippen molar-refractivity contribution in [2.45, 2.75) is 33.1 Å². The number of para-hydroxylation sites is 1. The van der Waals surface area contributed by atoms with Gasteiger partial charge in [0.2, 0.25) is 5.91 Å². The van der Waals surface area contributed by atoms with Crippen molar-refractivity contribution in [3.63, 3.8) is 0 Å². The summed E-state index contributed by atoms with van der Waals surface area (Å²) in [7, 11) is 0. The van der Waals surface area contributed by atoms with Gasteiger partial charge in [-0.05, 0) is 37.3 Å². The topological polar surface area (TPSA) is 66.4 Å². The van der Waals surface area contributed by atoms with E-state index in [4.69, 9.17) is 0 Å². The number of benzene rings is 1. The van der Waals surface area contributed by atoms with Gasteiger partial charge in [-0.2, -0.15) is 0 Å². The Hall–Kier alpha value is -1.91. The highest BCUT2D eigenvalue weighted by Gasteiger charge is 2.42. The molecule has 0 heterocycles. The summed E-state index contributed by atoms with van der Waals surface area (Å²) in [5.74, 6) is -2.87. The van der Waals surface area contributed by atoms with Gasteiger partial charge in [0.05, 0.1) is 17.5 Å². The molecule has 21 heavy (non-hydrogen) atoms. The van der Waals surface area contributed by atoms with Crippen LogP contribution in [0.2, 0.25) is 0 Å². The van der Waals surface area contributed by atoms with Gasteiger partial charge >= 0.3 is 5.97 Å². The summed E-state index contributed by atoms with van der Waals surface area (Å²) in [6, 6.07) is 4.56. The van der Waals surface area contributed by atoms with Crippen LogP contribution in [0.15, 0.2) is 18.2 Å². The third-order valence-corrected chi connectivity index (χ3v) is 4.36. The van der Waals surface area contributed by atoms with Crippen molar-refractivity contribution in [2.24, 2.45) is 17.8 Å². The van der Waals surface area contributed by atoms with E-state index in [9.17, 15) is 19.1 Å². The molecule has 0 aromatic heterocycles. The molecule has 1 saturated carbocycles. The minimum absolute atomic E-state index is 0.145. The minimum Gasteiger partial charge on any atom is -0.481 e. The van der Waals surface area contributed by atoms with E-state index in [-0.39, 0.29) is 11.6 Å². The molecule has 1 aromatic carbocycles. The lowest BCUT2D eigenvalue weighted by Crippen LogP contribution is -2.30. The number of halogens is 1. The van der Waals surface area contributed by atoms with E-state index in [1.54, 1.807) is 19.1 Å². The van der Waals surface area contributed by atoms with Crippen molar-refractivity contribution in [3.8, 4) is 0 Å². The Labute approximate surface area is 123 Å². The van der Waals surface area contributed by atoms with Crippen LogP contribution in [0.4, 0.5) is 10.1 Å². The van der Waals surface area contributed by atoms with Crippen LogP contribution >= 0.6 is 0 Å². The maximum absolute atomic E-state index is 13.8. The Balaban J connectivity index is 2.17. The van der Waals surface area contributed by atoms with Gasteiger partial charge in [-0.25, -0.2) is 4.39 Å². The molecule has 0 spiro atoms. The fraction of sp³-hybridized carbons (Fsp3) is 0.500. The highest BCUT2D eigenvalue weighted by molar-refractivity contribution is 5.96. The number of carbonyl (C=O) groups excluding carboxylic acids is 1. The lowest BCUT2D eigenvalue weighted by molar-refractivity contribution is -0.145. The number of carbonyl (C=O) groups is 2. The number of rotatable bonds is 4. The number of aliphatic carboxylic acids is 1. The van der Waals surface area contributed by atoms with E-state index in [0.717, 1.165) is 6.42 Å². The van der Waals surface area contributed by atoms with Gasteiger partial charge in [0.1, 0.15) is 5.82 Å². The summed E-state index contributed by atoms with van der Waals surface area (Å²) >= 11 is 0. The predicted molar refractivity (Wildman–Crippen MR) is 77.4 cm³/mol. The molecule has 5 heteroatoms. The fourth-order valence-electron chi connectivity index (χ4n) is 3.05. The molecular formula is C16H20FNO3. The number of hydrogen-bond acceptors (Lipinski definition) is 2. The first-order valence-electron chi connectivity index (χ1n) is 7.22. The first-order chi connectivity index (χ1) is 9.93. The Morgan fingerprint density at radius 3 is 2.57 bits per heavy atom. The summed E-state index contributed by atoms with van der Waals surface area (Å²) in [6.07, 6.45) is 1.92. The summed E-state index contributed by atoms with van der Waals surface area (Å²) in [5.41, 5.74) is 0.770. The second-order valence-corrected chi connectivity index (χ2v) is 5.72. The van der Waals surface area contributed by atoms with Crippen LogP contribution < -0.4 is 5.32 Å². The van der Waals surface area contributed by atoms with Gasteiger partial charge < -0.3 is 10.4 Å². The van der Waals surface area contributed by atoms with E-state index in [1.807, 2.05) is 6.92 Å². The normalized spacial score (nSPS) is 24.8. The molecule has 4 nitrogen and oxygen atoms in total. The van der Waals surface area contributed by atoms with Crippen molar-refractivity contribution in [2.75, 3.05) is 5.32 Å². The zero-order valence-corrected chi connectivity index (χ0v) is 12.2. The Bertz CT molecular complexity index is 538. The molecule has 1 amide bonds. The monoisotopic (exact) mass is 293 g/mol. The third-order valence-electron chi connectivity index (χ3n) is 4.36. The number of carboxylic acid groups (broad SMARTS) is 1. The predicted octanol–water partition coefficient (Wildman–Crippen LogP) is 3.21. The molecule has 114 valence electrons. The Kier molecular flexibility index (Phi) is 4.60. The van der Waals surface area contributed by atoms with Crippen LogP contribution in [0.25, 0.3) is 0 Å². The quantitative estimate of drug-likeness (QED) is 0.895. The van der Waals surface area contributed by atoms with E-state index in [2.05, 4.69) is 5.32 Å². The zero-order valence-electron chi connectivity index (χ0n) is 12.2. The summed E-state index contributed by atoms with van der Waals surface area (Å²) < 4.78 is 13.8. The molecule has 0 aliphatic heterocycles. The van der Waals surface area contributed by atoms with Crippen molar-refractivity contribution in [1.82, 2.24) is 0 Å². The maximum Gasteiger partial charge on any atom is 0.307 e. The Morgan fingerprint density at radius 1 is 1.33 bits per heavy atom. The second-order valence-electron chi connectivity index (χ2n) is 5.72. The smallest absolute Gasteiger partial charge is 0.307 e. The second kappa shape index (κ2) is 6.24. The number of anilines is 1. The van der Waals surface area contributed by atoms with Gasteiger partial charge in [-0.3, -0.25) is 9.59 Å². The van der Waals surface area contributed by atoms with Crippen LogP contribution in [0.5, 0.6) is 0 Å². The Morgan fingerprint density at radius 2 is 2.00 bits per heavy atom. The number of aryl methyl sites for hydroxylation is 1. The molecule has 2 N–H and O–H groups in total. The standard InChI is InChI=1S/C16H20FNO3/c1-3-10-7-11(12(8-10)16(20)21)15(19)18-14-9(2)5-4-6-13(14)17/h4-6,10-12H,3,7-8H2,1-2H3,(H,18,19)(H,20,21). The summed E-state index contributed by atoms with van der Waals surface area (Å²) in [6.45, 7) is 3.70. The van der Waals surface area contributed by atoms with Gasteiger partial charge in [0.15, 0.2) is 0 Å². The molecular weight excluding hydrogens is 273 g/mol. The van der Waals surface area contributed by atoms with Crippen molar-refractivity contribution < 1.29 is 19.1 Å². The SMILES string of the molecule is CCC1CC(C(=O)O)C(C(=O)Nc2c(C)cccc2F)C1. The minimum atomic E-state index is -0.948. The number of hydrogen-bond donors (Lipinski definition) is 2. The number of amides is 1. The summed E-state index contributed by atoms with van der Waals surface area (Å²) in [5, 5.41) is 11.8. The zero-order chi connectivity index (χ0) is 15.6. The van der Waals surface area contributed by atoms with Gasteiger partial charge in [0.25, 0.3) is 0 Å². The third kappa shape index (κ3) is 3.23. The largest absolute Gasteiger partial charge is 0.481 e. The van der Waals surface area contributed by atoms with Crippen LogP contribution in [-0.4, -0.2) is 17.0 Å². The van der Waals surface area contributed by atoms with Crippen molar-refractivity contribution in [3.05, 3.63) is 29.6 Å². The maximum atomic E-state index is 13.8. The van der Waals surface area contributed by atoms with E-state index >= 15 is 0 Å². The molecule has 1 aromatic rings. The molecule has 2 rings (SSSR count). The lowest BCUT2D eigenvalue weighted by Gasteiger charge is -2.17. The van der Waals surface area contributed by atoms with Gasteiger partial charge in [-0.1, -0.05) is 25.5 Å². The van der Waals surface area contributed by atoms with E-state index < -0.39 is 29.5 Å². The van der Waals surface area contributed by atoms with Crippen LogP contribution in [0, 0.1) is 30.5 Å². The number of nitrogens with one attached hydrogen (secondary N) is 1. The lowest BCUT2D eigenvalue weighted by atomic mass is 9.95. The molecule has 3 atom stereocenters. The van der Waals surface area contributed by atoms with Crippen LogP contribution in [-0.2, 0) is 9.59 Å². The molecule has 3 unspecified atom stereocenters. The van der Waals surface area contributed by atoms with Gasteiger partial charge in [0, 0.05) is 0 Å².